The van der Waals surface area contributed by atoms with E-state index in [0.717, 1.165) is 64.1 Å². The molecule has 0 aliphatic carbocycles. The van der Waals surface area contributed by atoms with Crippen LogP contribution in [0.15, 0.2) is 172 Å². The molecule has 4 nitrogen and oxygen atoms in total. The number of para-hydroxylation sites is 2. The van der Waals surface area contributed by atoms with E-state index in [-0.39, 0.29) is 17.9 Å². The molecule has 52 heavy (non-hydrogen) atoms. The maximum absolute atomic E-state index is 13.4. The maximum atomic E-state index is 13.4. The Morgan fingerprint density at radius 1 is 0.519 bits per heavy atom. The standard InChI is InChI=1S/C23H21BrN2.C23H21FN2/c2*1-2-17-8-10-18(11-9-17)22-16-23(19-12-14-20(24)15-13-19)26(25-22)21-6-4-3-5-7-21/h2*3-15,23H,2,16H2,1H3. The summed E-state index contributed by atoms with van der Waals surface area (Å²) in [6, 6.07) is 53.6. The summed E-state index contributed by atoms with van der Waals surface area (Å²) in [4.78, 5) is 0. The summed E-state index contributed by atoms with van der Waals surface area (Å²) < 4.78 is 14.5. The molecule has 2 aliphatic rings. The van der Waals surface area contributed by atoms with Crippen molar-refractivity contribution in [2.75, 3.05) is 10.0 Å². The monoisotopic (exact) mass is 748 g/mol. The molecule has 2 heterocycles. The predicted octanol–water partition coefficient (Wildman–Crippen LogP) is 12.1. The molecular weight excluding hydrogens is 707 g/mol. The Balaban J connectivity index is 0.000000162. The molecule has 2 aliphatic heterocycles. The van der Waals surface area contributed by atoms with Crippen LogP contribution in [0.5, 0.6) is 0 Å². The lowest BCUT2D eigenvalue weighted by atomic mass is 9.97. The third-order valence-electron chi connectivity index (χ3n) is 9.76. The molecule has 0 aromatic heterocycles. The van der Waals surface area contributed by atoms with Crippen LogP contribution in [0.3, 0.4) is 0 Å². The highest BCUT2D eigenvalue weighted by atomic mass is 79.9. The van der Waals surface area contributed by atoms with Gasteiger partial charge in [-0.1, -0.05) is 139 Å². The summed E-state index contributed by atoms with van der Waals surface area (Å²) in [6.07, 6.45) is 3.79. The minimum Gasteiger partial charge on any atom is -0.257 e. The van der Waals surface area contributed by atoms with E-state index in [9.17, 15) is 4.39 Å². The van der Waals surface area contributed by atoms with Crippen molar-refractivity contribution >= 4 is 38.7 Å². The molecule has 260 valence electrons. The average Bonchev–Trinajstić information content (AvgIpc) is 3.86. The van der Waals surface area contributed by atoms with Crippen LogP contribution in [0.2, 0.25) is 0 Å². The lowest BCUT2D eigenvalue weighted by Crippen LogP contribution is -2.18. The molecule has 0 saturated heterocycles. The van der Waals surface area contributed by atoms with Gasteiger partial charge in [-0.25, -0.2) is 4.39 Å². The van der Waals surface area contributed by atoms with Crippen molar-refractivity contribution in [2.45, 2.75) is 51.6 Å². The molecule has 6 heteroatoms. The molecular formula is C46H42BrFN4. The first-order valence-corrected chi connectivity index (χ1v) is 18.8. The fourth-order valence-electron chi connectivity index (χ4n) is 6.76. The van der Waals surface area contributed by atoms with E-state index in [1.54, 1.807) is 0 Å². The van der Waals surface area contributed by atoms with Crippen LogP contribution in [-0.4, -0.2) is 11.4 Å². The molecule has 0 radical (unpaired) electrons. The van der Waals surface area contributed by atoms with Crippen molar-refractivity contribution in [3.05, 3.63) is 201 Å². The third-order valence-corrected chi connectivity index (χ3v) is 10.3. The van der Waals surface area contributed by atoms with E-state index >= 15 is 0 Å². The molecule has 0 N–H and O–H groups in total. The van der Waals surface area contributed by atoms with Gasteiger partial charge >= 0.3 is 0 Å². The van der Waals surface area contributed by atoms with E-state index in [1.165, 1.54) is 34.4 Å². The zero-order valence-corrected chi connectivity index (χ0v) is 31.1. The van der Waals surface area contributed by atoms with E-state index < -0.39 is 0 Å². The summed E-state index contributed by atoms with van der Waals surface area (Å²) in [6.45, 7) is 4.34. The van der Waals surface area contributed by atoms with Gasteiger partial charge in [0.2, 0.25) is 0 Å². The molecule has 0 saturated carbocycles. The Kier molecular flexibility index (Phi) is 11.0. The molecule has 2 atom stereocenters. The van der Waals surface area contributed by atoms with Gasteiger partial charge in [0.1, 0.15) is 5.82 Å². The van der Waals surface area contributed by atoms with Crippen molar-refractivity contribution in [3.63, 3.8) is 0 Å². The number of hydrogen-bond donors (Lipinski definition) is 0. The molecule has 0 spiro atoms. The number of rotatable bonds is 8. The number of nitrogens with zero attached hydrogens (tertiary/aromatic N) is 4. The first-order chi connectivity index (χ1) is 25.5. The Morgan fingerprint density at radius 2 is 0.904 bits per heavy atom. The van der Waals surface area contributed by atoms with Gasteiger partial charge in [0.15, 0.2) is 0 Å². The van der Waals surface area contributed by atoms with Crippen LogP contribution in [-0.2, 0) is 12.8 Å². The minimum atomic E-state index is -0.214. The molecule has 0 fully saturated rings. The van der Waals surface area contributed by atoms with Gasteiger partial charge in [0, 0.05) is 17.3 Å². The van der Waals surface area contributed by atoms with Crippen LogP contribution in [0.25, 0.3) is 0 Å². The highest BCUT2D eigenvalue weighted by Gasteiger charge is 2.31. The van der Waals surface area contributed by atoms with Crippen molar-refractivity contribution in [1.29, 1.82) is 0 Å². The lowest BCUT2D eigenvalue weighted by Gasteiger charge is -2.24. The minimum absolute atomic E-state index is 0.0684. The topological polar surface area (TPSA) is 31.2 Å². The molecule has 0 amide bonds. The van der Waals surface area contributed by atoms with Crippen LogP contribution >= 0.6 is 15.9 Å². The Labute approximate surface area is 315 Å². The van der Waals surface area contributed by atoms with Gasteiger partial charge in [0.05, 0.1) is 34.9 Å². The molecule has 0 bridgehead atoms. The van der Waals surface area contributed by atoms with Crippen molar-refractivity contribution in [1.82, 2.24) is 0 Å². The lowest BCUT2D eigenvalue weighted by molar-refractivity contribution is 0.624. The number of aryl methyl sites for hydroxylation is 2. The first kappa shape index (κ1) is 35.1. The van der Waals surface area contributed by atoms with Gasteiger partial charge in [-0.2, -0.15) is 10.2 Å². The van der Waals surface area contributed by atoms with E-state index in [0.29, 0.717) is 0 Å². The number of anilines is 2. The second kappa shape index (κ2) is 16.3. The molecule has 2 unspecified atom stereocenters. The number of hydrogen-bond acceptors (Lipinski definition) is 4. The summed E-state index contributed by atoms with van der Waals surface area (Å²) in [5.74, 6) is -0.214. The van der Waals surface area contributed by atoms with Crippen molar-refractivity contribution < 1.29 is 4.39 Å². The van der Waals surface area contributed by atoms with Gasteiger partial charge in [-0.3, -0.25) is 10.0 Å². The number of halogens is 2. The van der Waals surface area contributed by atoms with Gasteiger partial charge < -0.3 is 0 Å². The SMILES string of the molecule is CCc1ccc(C2=NN(c3ccccc3)C(c3ccc(Br)cc3)C2)cc1.CCc1ccc(C2=NN(c3ccccc3)C(c3ccc(F)cc3)C2)cc1. The Hall–Kier alpha value is -5.33. The fourth-order valence-corrected chi connectivity index (χ4v) is 7.03. The van der Waals surface area contributed by atoms with Gasteiger partial charge in [-0.05, 0) is 94.8 Å². The highest BCUT2D eigenvalue weighted by molar-refractivity contribution is 9.10. The summed E-state index contributed by atoms with van der Waals surface area (Å²) in [5.41, 5.74) is 11.8. The molecule has 8 rings (SSSR count). The average molecular weight is 750 g/mol. The van der Waals surface area contributed by atoms with Crippen LogP contribution in [0, 0.1) is 5.82 Å². The normalized spacial score (nSPS) is 16.6. The molecule has 6 aromatic carbocycles. The highest BCUT2D eigenvalue weighted by Crippen LogP contribution is 2.38. The van der Waals surface area contributed by atoms with Crippen LogP contribution < -0.4 is 10.0 Å². The molecule has 6 aromatic rings. The maximum Gasteiger partial charge on any atom is 0.123 e. The van der Waals surface area contributed by atoms with Gasteiger partial charge in [0.25, 0.3) is 0 Å². The quantitative estimate of drug-likeness (QED) is 0.155. The smallest absolute Gasteiger partial charge is 0.123 e. The van der Waals surface area contributed by atoms with Crippen molar-refractivity contribution in [3.8, 4) is 0 Å². The Bertz CT molecular complexity index is 1960. The fraction of sp³-hybridized carbons (Fsp3) is 0.174. The zero-order chi connectivity index (χ0) is 35.9. The summed E-state index contributed by atoms with van der Waals surface area (Å²) in [7, 11) is 0. The van der Waals surface area contributed by atoms with Crippen molar-refractivity contribution in [2.24, 2.45) is 10.2 Å². The van der Waals surface area contributed by atoms with Crippen LogP contribution in [0.1, 0.15) is 72.2 Å². The van der Waals surface area contributed by atoms with E-state index in [2.05, 4.69) is 149 Å². The third kappa shape index (κ3) is 8.08. The summed E-state index contributed by atoms with van der Waals surface area (Å²) >= 11 is 3.53. The zero-order valence-electron chi connectivity index (χ0n) is 29.5. The second-order valence-corrected chi connectivity index (χ2v) is 14.0. The van der Waals surface area contributed by atoms with E-state index in [4.69, 9.17) is 10.2 Å². The van der Waals surface area contributed by atoms with Crippen LogP contribution in [0.4, 0.5) is 15.8 Å². The van der Waals surface area contributed by atoms with Gasteiger partial charge in [-0.15, -0.1) is 0 Å². The van der Waals surface area contributed by atoms with E-state index in [1.807, 2.05) is 36.4 Å². The number of hydrazone groups is 2. The Morgan fingerprint density at radius 3 is 1.29 bits per heavy atom. The number of benzene rings is 6. The largest absolute Gasteiger partial charge is 0.257 e. The summed E-state index contributed by atoms with van der Waals surface area (Å²) in [5, 5.41) is 14.1. The first-order valence-electron chi connectivity index (χ1n) is 18.0. The predicted molar refractivity (Wildman–Crippen MR) is 218 cm³/mol. The second-order valence-electron chi connectivity index (χ2n) is 13.1.